The van der Waals surface area contributed by atoms with Gasteiger partial charge in [0.05, 0.1) is 12.2 Å². The molecule has 6 nitrogen and oxygen atoms in total. The fourth-order valence-corrected chi connectivity index (χ4v) is 1.27. The highest BCUT2D eigenvalue weighted by atomic mass is 16.2. The molecule has 86 valence electrons. The van der Waals surface area contributed by atoms with E-state index in [0.717, 1.165) is 0 Å². The molecule has 0 aromatic carbocycles. The highest BCUT2D eigenvalue weighted by molar-refractivity contribution is 5.92. The summed E-state index contributed by atoms with van der Waals surface area (Å²) in [5.41, 5.74) is 0.567. The van der Waals surface area contributed by atoms with Crippen molar-refractivity contribution in [3.63, 3.8) is 0 Å². The number of carbonyl (C=O) groups is 1. The molecule has 2 N–H and O–H groups in total. The van der Waals surface area contributed by atoms with E-state index in [9.17, 15) is 9.59 Å². The fourth-order valence-electron chi connectivity index (χ4n) is 1.27. The number of H-pyrrole nitrogens is 1. The summed E-state index contributed by atoms with van der Waals surface area (Å²) in [6.45, 7) is 0.267. The van der Waals surface area contributed by atoms with Crippen molar-refractivity contribution in [1.29, 1.82) is 0 Å². The van der Waals surface area contributed by atoms with Crippen molar-refractivity contribution in [2.45, 2.75) is 6.54 Å². The molecule has 2 aromatic rings. The fraction of sp³-hybridized carbons (Fsp3) is 0.0909. The molecular weight excluding hydrogens is 220 g/mol. The summed E-state index contributed by atoms with van der Waals surface area (Å²) in [6.07, 6.45) is 1.56. The van der Waals surface area contributed by atoms with Crippen LogP contribution < -0.4 is 10.9 Å². The predicted octanol–water partition coefficient (Wildman–Crippen LogP) is 0.0949. The Labute approximate surface area is 96.7 Å². The first-order valence-corrected chi connectivity index (χ1v) is 5.00. The second-order valence-corrected chi connectivity index (χ2v) is 3.33. The minimum atomic E-state index is -0.353. The number of nitrogens with one attached hydrogen (secondary N) is 2. The molecule has 0 spiro atoms. The van der Waals surface area contributed by atoms with Crippen molar-refractivity contribution in [1.82, 2.24) is 20.5 Å². The van der Waals surface area contributed by atoms with Crippen LogP contribution in [0.4, 0.5) is 0 Å². The molecule has 0 aliphatic carbocycles. The lowest BCUT2D eigenvalue weighted by Crippen LogP contribution is -2.26. The number of carbonyl (C=O) groups excluding carboxylic acids is 1. The van der Waals surface area contributed by atoms with Crippen LogP contribution >= 0.6 is 0 Å². The molecule has 1 amide bonds. The first-order valence-electron chi connectivity index (χ1n) is 5.00. The van der Waals surface area contributed by atoms with E-state index < -0.39 is 0 Å². The molecule has 0 fully saturated rings. The van der Waals surface area contributed by atoms with Crippen LogP contribution in [-0.2, 0) is 6.54 Å². The molecule has 0 saturated heterocycles. The topological polar surface area (TPSA) is 87.7 Å². The molecule has 2 heterocycles. The van der Waals surface area contributed by atoms with Gasteiger partial charge < -0.3 is 10.3 Å². The number of aromatic amines is 1. The minimum absolute atomic E-state index is 0.224. The van der Waals surface area contributed by atoms with Crippen molar-refractivity contribution in [3.05, 3.63) is 58.3 Å². The quantitative estimate of drug-likeness (QED) is 0.782. The van der Waals surface area contributed by atoms with E-state index >= 15 is 0 Å². The van der Waals surface area contributed by atoms with E-state index in [1.807, 2.05) is 0 Å². The Hall–Kier alpha value is -2.50. The summed E-state index contributed by atoms with van der Waals surface area (Å²) >= 11 is 0. The van der Waals surface area contributed by atoms with Crippen LogP contribution in [-0.4, -0.2) is 21.1 Å². The third-order valence-corrected chi connectivity index (χ3v) is 2.07. The second kappa shape index (κ2) is 5.02. The molecule has 0 radical (unpaired) electrons. The molecule has 2 aromatic heterocycles. The summed E-state index contributed by atoms with van der Waals surface area (Å²) < 4.78 is 0. The Morgan fingerprint density at radius 3 is 2.88 bits per heavy atom. The monoisotopic (exact) mass is 230 g/mol. The molecule has 0 atom stereocenters. The van der Waals surface area contributed by atoms with Crippen molar-refractivity contribution < 1.29 is 4.79 Å². The minimum Gasteiger partial charge on any atom is -0.345 e. The molecule has 17 heavy (non-hydrogen) atoms. The van der Waals surface area contributed by atoms with Gasteiger partial charge in [-0.25, -0.2) is 0 Å². The zero-order valence-electron chi connectivity index (χ0n) is 8.88. The number of amides is 1. The summed E-state index contributed by atoms with van der Waals surface area (Å²) in [4.78, 5) is 25.1. The van der Waals surface area contributed by atoms with E-state index in [-0.39, 0.29) is 23.7 Å². The molecule has 0 aliphatic rings. The maximum atomic E-state index is 11.6. The molecule has 0 aliphatic heterocycles. The standard InChI is InChI=1S/C11H10N4O2/c16-10-5-1-4-9(14-10)11(17)12-7-8-3-2-6-13-15-8/h1-6H,7H2,(H,12,17)(H,14,16). The Kier molecular flexibility index (Phi) is 3.25. The van der Waals surface area contributed by atoms with Crippen molar-refractivity contribution in [2.75, 3.05) is 0 Å². The summed E-state index contributed by atoms with van der Waals surface area (Å²) in [5.74, 6) is -0.353. The van der Waals surface area contributed by atoms with Crippen molar-refractivity contribution in [3.8, 4) is 0 Å². The number of hydrogen-bond donors (Lipinski definition) is 2. The van der Waals surface area contributed by atoms with Crippen LogP contribution in [0.3, 0.4) is 0 Å². The molecule has 6 heteroatoms. The Balaban J connectivity index is 2.01. The van der Waals surface area contributed by atoms with Gasteiger partial charge in [-0.15, -0.1) is 0 Å². The normalized spacial score (nSPS) is 9.88. The predicted molar refractivity (Wildman–Crippen MR) is 60.3 cm³/mol. The first kappa shape index (κ1) is 11.0. The summed E-state index contributed by atoms with van der Waals surface area (Å²) in [7, 11) is 0. The SMILES string of the molecule is O=C(NCc1cccnn1)c1cccc(=O)[nH]1. The first-order chi connectivity index (χ1) is 8.25. The van der Waals surface area contributed by atoms with Gasteiger partial charge in [0.1, 0.15) is 5.69 Å². The zero-order chi connectivity index (χ0) is 12.1. The maximum Gasteiger partial charge on any atom is 0.268 e. The summed E-state index contributed by atoms with van der Waals surface area (Å²) in [5, 5.41) is 10.1. The van der Waals surface area contributed by atoms with E-state index in [4.69, 9.17) is 0 Å². The smallest absolute Gasteiger partial charge is 0.268 e. The largest absolute Gasteiger partial charge is 0.345 e. The lowest BCUT2D eigenvalue weighted by Gasteiger charge is -2.03. The molecule has 0 saturated carbocycles. The van der Waals surface area contributed by atoms with Crippen molar-refractivity contribution in [2.24, 2.45) is 0 Å². The Morgan fingerprint density at radius 2 is 2.18 bits per heavy atom. The van der Waals surface area contributed by atoms with Crippen LogP contribution in [0.1, 0.15) is 16.2 Å². The van der Waals surface area contributed by atoms with Crippen LogP contribution in [0.25, 0.3) is 0 Å². The van der Waals surface area contributed by atoms with Crippen LogP contribution in [0.5, 0.6) is 0 Å². The van der Waals surface area contributed by atoms with Gasteiger partial charge in [0, 0.05) is 12.3 Å². The van der Waals surface area contributed by atoms with Crippen molar-refractivity contribution >= 4 is 5.91 Å². The molecule has 2 rings (SSSR count). The number of pyridine rings is 1. The van der Waals surface area contributed by atoms with Crippen LogP contribution in [0, 0.1) is 0 Å². The Morgan fingerprint density at radius 1 is 1.29 bits per heavy atom. The van der Waals surface area contributed by atoms with E-state index in [1.54, 1.807) is 18.3 Å². The number of hydrogen-bond acceptors (Lipinski definition) is 4. The van der Waals surface area contributed by atoms with E-state index in [0.29, 0.717) is 5.69 Å². The Bertz CT molecular complexity index is 565. The van der Waals surface area contributed by atoms with Gasteiger partial charge in [0.25, 0.3) is 5.91 Å². The van der Waals surface area contributed by atoms with Gasteiger partial charge in [-0.05, 0) is 18.2 Å². The second-order valence-electron chi connectivity index (χ2n) is 3.33. The molecule has 0 unspecified atom stereocenters. The zero-order valence-corrected chi connectivity index (χ0v) is 8.88. The lowest BCUT2D eigenvalue weighted by atomic mass is 10.3. The van der Waals surface area contributed by atoms with Crippen LogP contribution in [0.2, 0.25) is 0 Å². The lowest BCUT2D eigenvalue weighted by molar-refractivity contribution is 0.0945. The number of aromatic nitrogens is 3. The number of nitrogens with zero attached hydrogens (tertiary/aromatic N) is 2. The maximum absolute atomic E-state index is 11.6. The highest BCUT2D eigenvalue weighted by Gasteiger charge is 2.05. The molecular formula is C11H10N4O2. The van der Waals surface area contributed by atoms with Crippen LogP contribution in [0.15, 0.2) is 41.3 Å². The van der Waals surface area contributed by atoms with E-state index in [1.165, 1.54) is 18.2 Å². The highest BCUT2D eigenvalue weighted by Crippen LogP contribution is 1.93. The van der Waals surface area contributed by atoms with Gasteiger partial charge in [-0.1, -0.05) is 6.07 Å². The number of rotatable bonds is 3. The van der Waals surface area contributed by atoms with Gasteiger partial charge >= 0.3 is 0 Å². The van der Waals surface area contributed by atoms with E-state index in [2.05, 4.69) is 20.5 Å². The average molecular weight is 230 g/mol. The van der Waals surface area contributed by atoms with Gasteiger partial charge in [0.2, 0.25) is 5.56 Å². The average Bonchev–Trinajstić information content (AvgIpc) is 2.37. The van der Waals surface area contributed by atoms with Gasteiger partial charge in [-0.2, -0.15) is 10.2 Å². The summed E-state index contributed by atoms with van der Waals surface area (Å²) in [6, 6.07) is 7.89. The third kappa shape index (κ3) is 2.97. The molecule has 0 bridgehead atoms. The van der Waals surface area contributed by atoms with Gasteiger partial charge in [0.15, 0.2) is 0 Å². The third-order valence-electron chi connectivity index (χ3n) is 2.07. The van der Waals surface area contributed by atoms with Gasteiger partial charge in [-0.3, -0.25) is 9.59 Å².